The summed E-state index contributed by atoms with van der Waals surface area (Å²) in [5.74, 6) is 0.153. The van der Waals surface area contributed by atoms with Crippen LogP contribution in [0.5, 0.6) is 0 Å². The van der Waals surface area contributed by atoms with Gasteiger partial charge in [-0.1, -0.05) is 17.2 Å². The lowest BCUT2D eigenvalue weighted by Gasteiger charge is -2.32. The maximum absolute atomic E-state index is 12.7. The largest absolute Gasteiger partial charge is 0.342 e. The molecule has 0 aromatic carbocycles. The predicted molar refractivity (Wildman–Crippen MR) is 101 cm³/mol. The van der Waals surface area contributed by atoms with E-state index in [1.165, 1.54) is 4.52 Å². The van der Waals surface area contributed by atoms with Crippen LogP contribution in [0.25, 0.3) is 5.65 Å². The van der Waals surface area contributed by atoms with E-state index in [4.69, 9.17) is 0 Å². The highest BCUT2D eigenvalue weighted by molar-refractivity contribution is 5.78. The summed E-state index contributed by atoms with van der Waals surface area (Å²) in [6, 6.07) is 1.93. The second-order valence-electron chi connectivity index (χ2n) is 7.39. The van der Waals surface area contributed by atoms with Gasteiger partial charge in [0.1, 0.15) is 11.4 Å². The van der Waals surface area contributed by atoms with Crippen LogP contribution in [0.2, 0.25) is 0 Å². The van der Waals surface area contributed by atoms with E-state index in [0.717, 1.165) is 36.3 Å². The van der Waals surface area contributed by atoms with Crippen molar-refractivity contribution in [2.45, 2.75) is 52.4 Å². The number of hydrogen-bond acceptors (Lipinski definition) is 6. The Morgan fingerprint density at radius 3 is 2.86 bits per heavy atom. The second-order valence-corrected chi connectivity index (χ2v) is 7.39. The topological polar surface area (TPSA) is 109 Å². The number of likely N-dealkylation sites (tertiary alicyclic amines) is 1. The average Bonchev–Trinajstić information content (AvgIpc) is 3.29. The van der Waals surface area contributed by atoms with Crippen LogP contribution in [-0.2, 0) is 17.6 Å². The van der Waals surface area contributed by atoms with Gasteiger partial charge in [0.25, 0.3) is 5.56 Å². The maximum Gasteiger partial charge on any atom is 0.276 e. The summed E-state index contributed by atoms with van der Waals surface area (Å²) in [4.78, 5) is 31.8. The van der Waals surface area contributed by atoms with Gasteiger partial charge in [0.2, 0.25) is 5.91 Å². The molecule has 148 valence electrons. The number of piperidine rings is 1. The summed E-state index contributed by atoms with van der Waals surface area (Å²) < 4.78 is 6.20. The molecule has 3 aromatic rings. The molecule has 4 heterocycles. The quantitative estimate of drug-likeness (QED) is 0.731. The van der Waals surface area contributed by atoms with Gasteiger partial charge in [0.05, 0.1) is 6.42 Å². The molecule has 4 rings (SSSR count). The number of fused-ring (bicyclic) bond motifs is 1. The van der Waals surface area contributed by atoms with Gasteiger partial charge in [-0.05, 0) is 33.1 Å². The molecule has 1 aliphatic heterocycles. The Hall–Kier alpha value is -2.97. The number of nitrogens with zero attached hydrogens (tertiary/aromatic N) is 5. The first-order chi connectivity index (χ1) is 13.5. The monoisotopic (exact) mass is 384 g/mol. The fraction of sp³-hybridized carbons (Fsp3) is 0.526. The van der Waals surface area contributed by atoms with Gasteiger partial charge in [-0.2, -0.15) is 0 Å². The zero-order valence-corrected chi connectivity index (χ0v) is 16.4. The molecule has 1 saturated heterocycles. The van der Waals surface area contributed by atoms with Gasteiger partial charge in [0.15, 0.2) is 5.65 Å². The summed E-state index contributed by atoms with van der Waals surface area (Å²) in [5.41, 5.74) is 4.24. The molecule has 1 fully saturated rings. The van der Waals surface area contributed by atoms with Crippen LogP contribution in [0.3, 0.4) is 0 Å². The van der Waals surface area contributed by atoms with E-state index >= 15 is 0 Å². The summed E-state index contributed by atoms with van der Waals surface area (Å²) in [7, 11) is 0. The second kappa shape index (κ2) is 7.21. The number of carbonyl (C=O) groups is 1. The van der Waals surface area contributed by atoms with Crippen LogP contribution in [0.4, 0.5) is 0 Å². The van der Waals surface area contributed by atoms with Gasteiger partial charge in [0, 0.05) is 42.0 Å². The molecule has 0 saturated carbocycles. The minimum absolute atomic E-state index is 0.0130. The van der Waals surface area contributed by atoms with E-state index < -0.39 is 0 Å². The summed E-state index contributed by atoms with van der Waals surface area (Å²) in [6.45, 7) is 6.93. The van der Waals surface area contributed by atoms with Crippen molar-refractivity contribution in [1.29, 1.82) is 0 Å². The highest BCUT2D eigenvalue weighted by atomic mass is 16.6. The molecule has 1 aliphatic rings. The van der Waals surface area contributed by atoms with Crippen molar-refractivity contribution in [2.75, 3.05) is 13.1 Å². The standard InChI is InChI=1S/C19H24N6O3/c1-4-14-11(2)20-17-8-16(21-25(17)19(14)27)13-6-5-7-24(10-13)18(26)9-15-12(3)22-28-23-15/h8,13,21H,4-7,9-10H2,1-3H3. The number of nitrogens with one attached hydrogen (secondary N) is 1. The maximum atomic E-state index is 12.7. The van der Waals surface area contributed by atoms with Gasteiger partial charge in [-0.15, -0.1) is 0 Å². The molecule has 9 nitrogen and oxygen atoms in total. The third kappa shape index (κ3) is 3.21. The van der Waals surface area contributed by atoms with Crippen molar-refractivity contribution in [2.24, 2.45) is 0 Å². The van der Waals surface area contributed by atoms with Gasteiger partial charge in [-0.3, -0.25) is 14.7 Å². The summed E-state index contributed by atoms with van der Waals surface area (Å²) in [6.07, 6.45) is 2.70. The lowest BCUT2D eigenvalue weighted by molar-refractivity contribution is -0.131. The molecular weight excluding hydrogens is 360 g/mol. The van der Waals surface area contributed by atoms with Gasteiger partial charge >= 0.3 is 0 Å². The van der Waals surface area contributed by atoms with Crippen molar-refractivity contribution < 1.29 is 9.42 Å². The molecule has 1 atom stereocenters. The molecule has 0 spiro atoms. The summed E-state index contributed by atoms with van der Waals surface area (Å²) in [5, 5.41) is 10.8. The Labute approximate surface area is 161 Å². The fourth-order valence-corrected chi connectivity index (χ4v) is 3.93. The molecule has 28 heavy (non-hydrogen) atoms. The Bertz CT molecular complexity index is 1080. The van der Waals surface area contributed by atoms with Gasteiger partial charge < -0.3 is 4.90 Å². The first-order valence-corrected chi connectivity index (χ1v) is 9.64. The van der Waals surface area contributed by atoms with Gasteiger partial charge in [-0.25, -0.2) is 14.1 Å². The third-order valence-electron chi connectivity index (χ3n) is 5.57. The normalized spacial score (nSPS) is 17.4. The number of amides is 1. The molecule has 0 aliphatic carbocycles. The molecule has 3 aromatic heterocycles. The molecule has 1 amide bonds. The number of aromatic amines is 1. The fourth-order valence-electron chi connectivity index (χ4n) is 3.93. The SMILES string of the molecule is CCc1c(C)nc2cc(C3CCCN(C(=O)Cc4nonc4C)C3)[nH]n2c1=O. The molecule has 1 N–H and O–H groups in total. The van der Waals surface area contributed by atoms with E-state index in [9.17, 15) is 9.59 Å². The minimum atomic E-state index is -0.0472. The number of rotatable bonds is 4. The predicted octanol–water partition coefficient (Wildman–Crippen LogP) is 1.53. The Kier molecular flexibility index (Phi) is 4.74. The zero-order chi connectivity index (χ0) is 19.8. The number of hydrogen-bond donors (Lipinski definition) is 1. The first-order valence-electron chi connectivity index (χ1n) is 9.64. The smallest absolute Gasteiger partial charge is 0.276 e. The van der Waals surface area contributed by atoms with E-state index in [1.807, 2.05) is 24.8 Å². The zero-order valence-electron chi connectivity index (χ0n) is 16.4. The van der Waals surface area contributed by atoms with E-state index in [0.29, 0.717) is 30.0 Å². The van der Waals surface area contributed by atoms with Crippen LogP contribution in [-0.4, -0.2) is 48.8 Å². The lowest BCUT2D eigenvalue weighted by atomic mass is 9.94. The number of carbonyl (C=O) groups excluding carboxylic acids is 1. The van der Waals surface area contributed by atoms with E-state index in [2.05, 4.69) is 25.0 Å². The lowest BCUT2D eigenvalue weighted by Crippen LogP contribution is -2.40. The number of H-pyrrole nitrogens is 1. The molecule has 9 heteroatoms. The Morgan fingerprint density at radius 2 is 2.14 bits per heavy atom. The Balaban J connectivity index is 1.56. The van der Waals surface area contributed by atoms with Crippen molar-refractivity contribution >= 4 is 11.6 Å². The first kappa shape index (κ1) is 18.4. The average molecular weight is 384 g/mol. The number of aryl methyl sites for hydroxylation is 2. The van der Waals surface area contributed by atoms with E-state index in [1.54, 1.807) is 6.92 Å². The van der Waals surface area contributed by atoms with Crippen molar-refractivity contribution in [3.8, 4) is 0 Å². The van der Waals surface area contributed by atoms with Crippen LogP contribution >= 0.6 is 0 Å². The number of aromatic nitrogens is 5. The van der Waals surface area contributed by atoms with Crippen molar-refractivity contribution in [1.82, 2.24) is 29.8 Å². The Morgan fingerprint density at radius 1 is 1.32 bits per heavy atom. The van der Waals surface area contributed by atoms with Crippen LogP contribution in [0.15, 0.2) is 15.5 Å². The summed E-state index contributed by atoms with van der Waals surface area (Å²) >= 11 is 0. The molecular formula is C19H24N6O3. The van der Waals surface area contributed by atoms with E-state index in [-0.39, 0.29) is 23.8 Å². The highest BCUT2D eigenvalue weighted by Gasteiger charge is 2.27. The van der Waals surface area contributed by atoms with Crippen LogP contribution < -0.4 is 5.56 Å². The minimum Gasteiger partial charge on any atom is -0.342 e. The van der Waals surface area contributed by atoms with Crippen molar-refractivity contribution in [3.63, 3.8) is 0 Å². The third-order valence-corrected chi connectivity index (χ3v) is 5.57. The molecule has 0 bridgehead atoms. The molecule has 1 unspecified atom stereocenters. The molecule has 0 radical (unpaired) electrons. The van der Waals surface area contributed by atoms with Crippen LogP contribution in [0.1, 0.15) is 54.0 Å². The van der Waals surface area contributed by atoms with Crippen LogP contribution in [0, 0.1) is 13.8 Å². The van der Waals surface area contributed by atoms with Crippen molar-refractivity contribution in [3.05, 3.63) is 44.8 Å². The highest BCUT2D eigenvalue weighted by Crippen LogP contribution is 2.27.